The summed E-state index contributed by atoms with van der Waals surface area (Å²) in [6.45, 7) is 3.03. The molecule has 0 fully saturated rings. The van der Waals surface area contributed by atoms with Crippen LogP contribution in [0.1, 0.15) is 32.8 Å². The number of aromatic carboxylic acids is 1. The lowest BCUT2D eigenvalue weighted by Gasteiger charge is -2.17. The number of benzene rings is 1. The van der Waals surface area contributed by atoms with Gasteiger partial charge in [0, 0.05) is 19.8 Å². The highest BCUT2D eigenvalue weighted by molar-refractivity contribution is 5.94. The molecule has 24 heavy (non-hydrogen) atoms. The Kier molecular flexibility index (Phi) is 5.89. The van der Waals surface area contributed by atoms with E-state index in [9.17, 15) is 9.59 Å². The number of rotatable bonds is 7. The van der Waals surface area contributed by atoms with Crippen molar-refractivity contribution in [2.24, 2.45) is 0 Å². The van der Waals surface area contributed by atoms with E-state index in [1.165, 1.54) is 18.3 Å². The fourth-order valence-corrected chi connectivity index (χ4v) is 2.17. The van der Waals surface area contributed by atoms with E-state index in [-0.39, 0.29) is 11.6 Å². The highest BCUT2D eigenvalue weighted by atomic mass is 16.5. The van der Waals surface area contributed by atoms with E-state index >= 15 is 0 Å². The predicted octanol–water partition coefficient (Wildman–Crippen LogP) is 2.63. The third-order valence-corrected chi connectivity index (χ3v) is 3.57. The number of aryl methyl sites for hydroxylation is 1. The number of carbonyl (C=O) groups is 2. The average molecular weight is 328 g/mol. The van der Waals surface area contributed by atoms with Gasteiger partial charge in [-0.1, -0.05) is 18.2 Å². The van der Waals surface area contributed by atoms with Crippen LogP contribution < -0.4 is 4.74 Å². The predicted molar refractivity (Wildman–Crippen MR) is 89.4 cm³/mol. The first-order chi connectivity index (χ1) is 11.5. The van der Waals surface area contributed by atoms with Gasteiger partial charge in [0.25, 0.3) is 5.91 Å². The standard InChI is InChI=1S/C18H20N2O4/c1-13-6-3-4-7-16(13)24-11-5-10-20(2)17(21)14-8-9-15(18(22)23)19-12-14/h3-4,6-9,12H,5,10-11H2,1-2H3,(H,22,23). The number of hydrogen-bond donors (Lipinski definition) is 1. The maximum Gasteiger partial charge on any atom is 0.354 e. The highest BCUT2D eigenvalue weighted by Crippen LogP contribution is 2.16. The van der Waals surface area contributed by atoms with Crippen LogP contribution in [0.5, 0.6) is 5.75 Å². The zero-order valence-corrected chi connectivity index (χ0v) is 13.7. The Bertz CT molecular complexity index is 713. The molecule has 0 radical (unpaired) electrons. The van der Waals surface area contributed by atoms with Gasteiger partial charge in [-0.05, 0) is 37.1 Å². The largest absolute Gasteiger partial charge is 0.493 e. The summed E-state index contributed by atoms with van der Waals surface area (Å²) in [5.41, 5.74) is 1.36. The molecular weight excluding hydrogens is 308 g/mol. The number of hydrogen-bond acceptors (Lipinski definition) is 4. The zero-order chi connectivity index (χ0) is 17.5. The van der Waals surface area contributed by atoms with Crippen molar-refractivity contribution in [2.75, 3.05) is 20.2 Å². The Balaban J connectivity index is 1.81. The van der Waals surface area contributed by atoms with Gasteiger partial charge in [0.15, 0.2) is 0 Å². The van der Waals surface area contributed by atoms with Crippen LogP contribution in [0.4, 0.5) is 0 Å². The molecule has 2 aromatic rings. The van der Waals surface area contributed by atoms with Crippen LogP contribution >= 0.6 is 0 Å². The molecule has 0 bridgehead atoms. The van der Waals surface area contributed by atoms with Crippen molar-refractivity contribution in [1.82, 2.24) is 9.88 Å². The average Bonchev–Trinajstić information content (AvgIpc) is 2.59. The molecule has 0 aliphatic rings. The Morgan fingerprint density at radius 1 is 1.21 bits per heavy atom. The first kappa shape index (κ1) is 17.5. The van der Waals surface area contributed by atoms with Gasteiger partial charge in [0.2, 0.25) is 0 Å². The molecule has 6 heteroatoms. The molecule has 1 amide bonds. The van der Waals surface area contributed by atoms with Gasteiger partial charge in [0.1, 0.15) is 11.4 Å². The summed E-state index contributed by atoms with van der Waals surface area (Å²) in [5, 5.41) is 8.81. The summed E-state index contributed by atoms with van der Waals surface area (Å²) in [7, 11) is 1.70. The second-order valence-electron chi connectivity index (χ2n) is 5.43. The van der Waals surface area contributed by atoms with Crippen molar-refractivity contribution in [3.8, 4) is 5.75 Å². The van der Waals surface area contributed by atoms with Gasteiger partial charge < -0.3 is 14.7 Å². The van der Waals surface area contributed by atoms with Gasteiger partial charge >= 0.3 is 5.97 Å². The van der Waals surface area contributed by atoms with E-state index in [0.717, 1.165) is 11.3 Å². The minimum absolute atomic E-state index is 0.0826. The summed E-state index contributed by atoms with van der Waals surface area (Å²) in [6, 6.07) is 10.6. The lowest BCUT2D eigenvalue weighted by molar-refractivity contribution is 0.0688. The first-order valence-electron chi connectivity index (χ1n) is 7.62. The second-order valence-corrected chi connectivity index (χ2v) is 5.43. The fraction of sp³-hybridized carbons (Fsp3) is 0.278. The molecular formula is C18H20N2O4. The topological polar surface area (TPSA) is 79.7 Å². The number of ether oxygens (including phenoxy) is 1. The van der Waals surface area contributed by atoms with E-state index in [2.05, 4.69) is 4.98 Å². The SMILES string of the molecule is Cc1ccccc1OCCCN(C)C(=O)c1ccc(C(=O)O)nc1. The van der Waals surface area contributed by atoms with Crippen molar-refractivity contribution in [2.45, 2.75) is 13.3 Å². The number of nitrogens with zero attached hydrogens (tertiary/aromatic N) is 2. The Hall–Kier alpha value is -2.89. The molecule has 0 saturated carbocycles. The minimum Gasteiger partial charge on any atom is -0.493 e. The lowest BCUT2D eigenvalue weighted by atomic mass is 10.2. The Labute approximate surface area is 140 Å². The lowest BCUT2D eigenvalue weighted by Crippen LogP contribution is -2.28. The van der Waals surface area contributed by atoms with Crippen LogP contribution in [-0.2, 0) is 0 Å². The number of aromatic nitrogens is 1. The number of para-hydroxylation sites is 1. The van der Waals surface area contributed by atoms with Gasteiger partial charge in [0.05, 0.1) is 12.2 Å². The number of carboxylic acids is 1. The molecule has 0 unspecified atom stereocenters. The van der Waals surface area contributed by atoms with Crippen molar-refractivity contribution in [3.05, 3.63) is 59.4 Å². The van der Waals surface area contributed by atoms with Crippen LogP contribution in [0.3, 0.4) is 0 Å². The van der Waals surface area contributed by atoms with Crippen LogP contribution in [0, 0.1) is 6.92 Å². The first-order valence-corrected chi connectivity index (χ1v) is 7.62. The number of pyridine rings is 1. The van der Waals surface area contributed by atoms with Crippen LogP contribution in [0.25, 0.3) is 0 Å². The molecule has 0 saturated heterocycles. The van der Waals surface area contributed by atoms with E-state index in [1.54, 1.807) is 11.9 Å². The summed E-state index contributed by atoms with van der Waals surface area (Å²) >= 11 is 0. The molecule has 0 atom stereocenters. The maximum absolute atomic E-state index is 12.2. The smallest absolute Gasteiger partial charge is 0.354 e. The summed E-state index contributed by atoms with van der Waals surface area (Å²) in [5.74, 6) is -0.467. The summed E-state index contributed by atoms with van der Waals surface area (Å²) in [4.78, 5) is 28.3. The van der Waals surface area contributed by atoms with E-state index in [0.29, 0.717) is 25.1 Å². The molecule has 6 nitrogen and oxygen atoms in total. The molecule has 1 N–H and O–H groups in total. The molecule has 0 aliphatic heterocycles. The van der Waals surface area contributed by atoms with Crippen LogP contribution in [-0.4, -0.2) is 47.1 Å². The van der Waals surface area contributed by atoms with Crippen molar-refractivity contribution in [1.29, 1.82) is 0 Å². The van der Waals surface area contributed by atoms with Crippen molar-refractivity contribution >= 4 is 11.9 Å². The quantitative estimate of drug-likeness (QED) is 0.790. The third-order valence-electron chi connectivity index (χ3n) is 3.57. The van der Waals surface area contributed by atoms with Gasteiger partial charge in [-0.25, -0.2) is 9.78 Å². The Morgan fingerprint density at radius 2 is 1.96 bits per heavy atom. The minimum atomic E-state index is -1.12. The second kappa shape index (κ2) is 8.10. The monoisotopic (exact) mass is 328 g/mol. The zero-order valence-electron chi connectivity index (χ0n) is 13.7. The van der Waals surface area contributed by atoms with Crippen molar-refractivity contribution in [3.63, 3.8) is 0 Å². The van der Waals surface area contributed by atoms with Crippen molar-refractivity contribution < 1.29 is 19.4 Å². The molecule has 1 heterocycles. The Morgan fingerprint density at radius 3 is 2.58 bits per heavy atom. The van der Waals surface area contributed by atoms with Crippen LogP contribution in [0.15, 0.2) is 42.6 Å². The van der Waals surface area contributed by atoms with Gasteiger partial charge in [-0.3, -0.25) is 4.79 Å². The van der Waals surface area contributed by atoms with E-state index in [4.69, 9.17) is 9.84 Å². The molecule has 126 valence electrons. The highest BCUT2D eigenvalue weighted by Gasteiger charge is 2.13. The van der Waals surface area contributed by atoms with Crippen LogP contribution in [0.2, 0.25) is 0 Å². The molecule has 0 spiro atoms. The molecule has 2 rings (SSSR count). The fourth-order valence-electron chi connectivity index (χ4n) is 2.17. The van der Waals surface area contributed by atoms with Gasteiger partial charge in [-0.15, -0.1) is 0 Å². The summed E-state index contributed by atoms with van der Waals surface area (Å²) in [6.07, 6.45) is 1.98. The normalized spacial score (nSPS) is 10.2. The number of amides is 1. The summed E-state index contributed by atoms with van der Waals surface area (Å²) < 4.78 is 5.70. The van der Waals surface area contributed by atoms with E-state index in [1.807, 2.05) is 31.2 Å². The molecule has 1 aromatic heterocycles. The maximum atomic E-state index is 12.2. The number of carbonyl (C=O) groups excluding carboxylic acids is 1. The van der Waals surface area contributed by atoms with Gasteiger partial charge in [-0.2, -0.15) is 0 Å². The third kappa shape index (κ3) is 4.55. The molecule has 0 aliphatic carbocycles. The molecule has 1 aromatic carbocycles. The van der Waals surface area contributed by atoms with E-state index < -0.39 is 5.97 Å². The number of carboxylic acid groups (broad SMARTS) is 1.